The summed E-state index contributed by atoms with van der Waals surface area (Å²) in [6, 6.07) is 23.5. The molecule has 2 heterocycles. The summed E-state index contributed by atoms with van der Waals surface area (Å²) < 4.78 is 13.6. The third-order valence-electron chi connectivity index (χ3n) is 5.72. The summed E-state index contributed by atoms with van der Waals surface area (Å²) in [6.07, 6.45) is 0.747. The standard InChI is InChI=1S/C26H25N3O3/c1-18-10-12-19(13-11-18)32-17-25-27-22-7-3-4-8-23(22)29(25)16-26(30)28-21-14-15-31-24-9-5-2-6-20(21)24/h2-13,21H,14-17H2,1H3,(H,28,30). The average molecular weight is 428 g/mol. The summed E-state index contributed by atoms with van der Waals surface area (Å²) in [5.41, 5.74) is 3.96. The first kappa shape index (κ1) is 20.1. The quantitative estimate of drug-likeness (QED) is 0.490. The minimum Gasteiger partial charge on any atom is -0.493 e. The molecule has 32 heavy (non-hydrogen) atoms. The summed E-state index contributed by atoms with van der Waals surface area (Å²) in [7, 11) is 0. The first-order valence-electron chi connectivity index (χ1n) is 10.8. The summed E-state index contributed by atoms with van der Waals surface area (Å²) in [5, 5.41) is 3.18. The van der Waals surface area contributed by atoms with E-state index in [0.29, 0.717) is 12.4 Å². The molecule has 1 unspecified atom stereocenters. The smallest absolute Gasteiger partial charge is 0.240 e. The number of hydrogen-bond acceptors (Lipinski definition) is 4. The van der Waals surface area contributed by atoms with Crippen LogP contribution in [-0.4, -0.2) is 22.1 Å². The second kappa shape index (κ2) is 8.75. The van der Waals surface area contributed by atoms with E-state index in [9.17, 15) is 4.79 Å². The summed E-state index contributed by atoms with van der Waals surface area (Å²) in [5.74, 6) is 2.27. The highest BCUT2D eigenvalue weighted by Crippen LogP contribution is 2.31. The maximum absolute atomic E-state index is 13.1. The van der Waals surface area contributed by atoms with Crippen LogP contribution < -0.4 is 14.8 Å². The zero-order valence-electron chi connectivity index (χ0n) is 18.0. The number of nitrogens with zero attached hydrogens (tertiary/aromatic N) is 2. The lowest BCUT2D eigenvalue weighted by atomic mass is 10.0. The molecule has 1 aliphatic heterocycles. The molecule has 0 bridgehead atoms. The number of hydrogen-bond donors (Lipinski definition) is 1. The van der Waals surface area contributed by atoms with Gasteiger partial charge < -0.3 is 19.4 Å². The van der Waals surface area contributed by atoms with Crippen LogP contribution in [0.15, 0.2) is 72.8 Å². The minimum atomic E-state index is -0.0635. The normalized spacial score (nSPS) is 15.1. The molecule has 1 aromatic heterocycles. The Morgan fingerprint density at radius 1 is 1.09 bits per heavy atom. The predicted octanol–water partition coefficient (Wildman–Crippen LogP) is 4.56. The molecule has 1 aliphatic rings. The molecule has 5 rings (SSSR count). The average Bonchev–Trinajstić information content (AvgIpc) is 3.16. The Kier molecular flexibility index (Phi) is 5.50. The number of aryl methyl sites for hydroxylation is 1. The highest BCUT2D eigenvalue weighted by molar-refractivity contribution is 5.81. The molecule has 1 atom stereocenters. The highest BCUT2D eigenvalue weighted by atomic mass is 16.5. The lowest BCUT2D eigenvalue weighted by Gasteiger charge is -2.26. The highest BCUT2D eigenvalue weighted by Gasteiger charge is 2.23. The van der Waals surface area contributed by atoms with Crippen molar-refractivity contribution >= 4 is 16.9 Å². The molecule has 0 fully saturated rings. The van der Waals surface area contributed by atoms with Crippen LogP contribution in [0.2, 0.25) is 0 Å². The number of benzene rings is 3. The molecule has 4 aromatic rings. The van der Waals surface area contributed by atoms with Gasteiger partial charge in [-0.25, -0.2) is 4.98 Å². The van der Waals surface area contributed by atoms with Crippen molar-refractivity contribution in [2.45, 2.75) is 32.5 Å². The van der Waals surface area contributed by atoms with Gasteiger partial charge in [0.25, 0.3) is 0 Å². The number of rotatable bonds is 6. The van der Waals surface area contributed by atoms with Gasteiger partial charge in [0.15, 0.2) is 0 Å². The van der Waals surface area contributed by atoms with E-state index in [2.05, 4.69) is 5.32 Å². The molecule has 3 aromatic carbocycles. The Hall–Kier alpha value is -3.80. The van der Waals surface area contributed by atoms with Gasteiger partial charge in [-0.2, -0.15) is 0 Å². The molecule has 1 amide bonds. The zero-order valence-corrected chi connectivity index (χ0v) is 18.0. The predicted molar refractivity (Wildman–Crippen MR) is 123 cm³/mol. The van der Waals surface area contributed by atoms with Crippen molar-refractivity contribution in [1.82, 2.24) is 14.9 Å². The van der Waals surface area contributed by atoms with Crippen molar-refractivity contribution in [2.24, 2.45) is 0 Å². The van der Waals surface area contributed by atoms with Gasteiger partial charge in [0.05, 0.1) is 23.7 Å². The van der Waals surface area contributed by atoms with E-state index >= 15 is 0 Å². The number of amides is 1. The number of ether oxygens (including phenoxy) is 2. The van der Waals surface area contributed by atoms with Crippen LogP contribution >= 0.6 is 0 Å². The largest absolute Gasteiger partial charge is 0.493 e. The molecular weight excluding hydrogens is 402 g/mol. The molecule has 1 N–H and O–H groups in total. The van der Waals surface area contributed by atoms with Gasteiger partial charge in [0, 0.05) is 12.0 Å². The summed E-state index contributed by atoms with van der Waals surface area (Å²) in [4.78, 5) is 17.8. The Balaban J connectivity index is 1.35. The van der Waals surface area contributed by atoms with E-state index in [1.165, 1.54) is 5.56 Å². The third-order valence-corrected chi connectivity index (χ3v) is 5.72. The van der Waals surface area contributed by atoms with Gasteiger partial charge in [-0.3, -0.25) is 4.79 Å². The van der Waals surface area contributed by atoms with Gasteiger partial charge in [-0.05, 0) is 37.3 Å². The second-order valence-corrected chi connectivity index (χ2v) is 8.00. The monoisotopic (exact) mass is 427 g/mol. The first-order chi connectivity index (χ1) is 15.7. The van der Waals surface area contributed by atoms with E-state index < -0.39 is 0 Å². The topological polar surface area (TPSA) is 65.4 Å². The number of carbonyl (C=O) groups is 1. The number of fused-ring (bicyclic) bond motifs is 2. The molecule has 0 aliphatic carbocycles. The maximum atomic E-state index is 13.1. The Morgan fingerprint density at radius 3 is 2.75 bits per heavy atom. The molecule has 0 spiro atoms. The molecule has 0 saturated heterocycles. The molecule has 0 radical (unpaired) electrons. The van der Waals surface area contributed by atoms with Gasteiger partial charge in [-0.15, -0.1) is 0 Å². The fraction of sp³-hybridized carbons (Fsp3) is 0.231. The lowest BCUT2D eigenvalue weighted by molar-refractivity contribution is -0.122. The van der Waals surface area contributed by atoms with Gasteiger partial charge in [0.1, 0.15) is 30.5 Å². The van der Waals surface area contributed by atoms with E-state index in [-0.39, 0.29) is 25.1 Å². The summed E-state index contributed by atoms with van der Waals surface area (Å²) in [6.45, 7) is 3.09. The molecule has 162 valence electrons. The van der Waals surface area contributed by atoms with E-state index in [4.69, 9.17) is 14.5 Å². The number of aromatic nitrogens is 2. The SMILES string of the molecule is Cc1ccc(OCc2nc3ccccc3n2CC(=O)NC2CCOc3ccccc32)cc1. The molecule has 0 saturated carbocycles. The Labute approximate surface area is 186 Å². The van der Waals surface area contributed by atoms with Crippen molar-refractivity contribution in [3.8, 4) is 11.5 Å². The Morgan fingerprint density at radius 2 is 1.88 bits per heavy atom. The van der Waals surface area contributed by atoms with Gasteiger partial charge in [-0.1, -0.05) is 48.0 Å². The van der Waals surface area contributed by atoms with Crippen molar-refractivity contribution < 1.29 is 14.3 Å². The lowest BCUT2D eigenvalue weighted by Crippen LogP contribution is -2.34. The van der Waals surface area contributed by atoms with Crippen LogP contribution in [0.4, 0.5) is 0 Å². The fourth-order valence-corrected chi connectivity index (χ4v) is 4.07. The van der Waals surface area contributed by atoms with Crippen molar-refractivity contribution in [1.29, 1.82) is 0 Å². The van der Waals surface area contributed by atoms with Crippen LogP contribution in [0.1, 0.15) is 29.4 Å². The van der Waals surface area contributed by atoms with Gasteiger partial charge >= 0.3 is 0 Å². The maximum Gasteiger partial charge on any atom is 0.240 e. The number of nitrogens with one attached hydrogen (secondary N) is 1. The van der Waals surface area contributed by atoms with Crippen LogP contribution in [-0.2, 0) is 17.9 Å². The molecule has 6 heteroatoms. The first-order valence-corrected chi connectivity index (χ1v) is 10.8. The van der Waals surface area contributed by atoms with Crippen molar-refractivity contribution in [3.63, 3.8) is 0 Å². The summed E-state index contributed by atoms with van der Waals surface area (Å²) >= 11 is 0. The van der Waals surface area contributed by atoms with Crippen LogP contribution in [0.25, 0.3) is 11.0 Å². The number of imidazole rings is 1. The van der Waals surface area contributed by atoms with Crippen LogP contribution in [0.5, 0.6) is 11.5 Å². The van der Waals surface area contributed by atoms with E-state index in [1.54, 1.807) is 0 Å². The van der Waals surface area contributed by atoms with Crippen molar-refractivity contribution in [3.05, 3.63) is 89.7 Å². The third kappa shape index (κ3) is 4.17. The fourth-order valence-electron chi connectivity index (χ4n) is 4.07. The van der Waals surface area contributed by atoms with Crippen LogP contribution in [0, 0.1) is 6.92 Å². The Bertz CT molecular complexity index is 1250. The second-order valence-electron chi connectivity index (χ2n) is 8.00. The van der Waals surface area contributed by atoms with Crippen molar-refractivity contribution in [2.75, 3.05) is 6.61 Å². The molecule has 6 nitrogen and oxygen atoms in total. The number of carbonyl (C=O) groups excluding carboxylic acids is 1. The molecular formula is C26H25N3O3. The van der Waals surface area contributed by atoms with E-state index in [1.807, 2.05) is 84.3 Å². The van der Waals surface area contributed by atoms with Gasteiger partial charge in [0.2, 0.25) is 5.91 Å². The number of para-hydroxylation sites is 3. The van der Waals surface area contributed by atoms with Crippen LogP contribution in [0.3, 0.4) is 0 Å². The van der Waals surface area contributed by atoms with E-state index in [0.717, 1.165) is 34.5 Å². The zero-order chi connectivity index (χ0) is 21.9. The minimum absolute atomic E-state index is 0.0607.